The lowest BCUT2D eigenvalue weighted by molar-refractivity contribution is -0.136. The summed E-state index contributed by atoms with van der Waals surface area (Å²) in [5, 5.41) is 24.5. The number of esters is 1. The van der Waals surface area contributed by atoms with Crippen LogP contribution in [0.25, 0.3) is 0 Å². The summed E-state index contributed by atoms with van der Waals surface area (Å²) in [4.78, 5) is 39.0. The third-order valence-corrected chi connectivity index (χ3v) is 14.4. The summed E-state index contributed by atoms with van der Waals surface area (Å²) >= 11 is 0. The molecule has 0 amide bonds. The summed E-state index contributed by atoms with van der Waals surface area (Å²) in [5.74, 6) is -1.91. The number of carbonyl (C=O) groups excluding carboxylic acids is 3. The summed E-state index contributed by atoms with van der Waals surface area (Å²) in [6, 6.07) is 15.0. The molecule has 0 radical (unpaired) electrons. The highest BCUT2D eigenvalue weighted by atomic mass is 28.3. The molecule has 7 heteroatoms. The van der Waals surface area contributed by atoms with Crippen molar-refractivity contribution in [3.8, 4) is 5.75 Å². The summed E-state index contributed by atoms with van der Waals surface area (Å²) in [5.41, 5.74) is -0.707. The lowest BCUT2D eigenvalue weighted by Gasteiger charge is -2.57. The Morgan fingerprint density at radius 1 is 1.06 bits per heavy atom. The molecular formula is C29H32O6Si. The van der Waals surface area contributed by atoms with E-state index in [1.807, 2.05) is 18.2 Å². The number of Topliss-reactive ketones (excluding diaryl/α,β-unsaturated/α-hetero) is 2. The summed E-state index contributed by atoms with van der Waals surface area (Å²) < 4.78 is 5.23. The second kappa shape index (κ2) is 8.33. The summed E-state index contributed by atoms with van der Waals surface area (Å²) in [6.07, 6.45) is 0.354. The Morgan fingerprint density at radius 2 is 1.75 bits per heavy atom. The predicted octanol–water partition coefficient (Wildman–Crippen LogP) is 3.96. The molecule has 0 saturated heterocycles. The predicted molar refractivity (Wildman–Crippen MR) is 138 cm³/mol. The molecule has 2 aromatic rings. The molecule has 0 aromatic heterocycles. The van der Waals surface area contributed by atoms with Crippen molar-refractivity contribution in [2.75, 3.05) is 0 Å². The molecular weight excluding hydrogens is 472 g/mol. The highest BCUT2D eigenvalue weighted by molar-refractivity contribution is 6.92. The van der Waals surface area contributed by atoms with Crippen molar-refractivity contribution in [1.29, 1.82) is 0 Å². The minimum absolute atomic E-state index is 0.0482. The minimum atomic E-state index is -2.10. The van der Waals surface area contributed by atoms with Gasteiger partial charge in [-0.25, -0.2) is 0 Å². The quantitative estimate of drug-likeness (QED) is 0.373. The van der Waals surface area contributed by atoms with E-state index < -0.39 is 37.4 Å². The van der Waals surface area contributed by atoms with Crippen LogP contribution in [0.3, 0.4) is 0 Å². The molecule has 36 heavy (non-hydrogen) atoms. The smallest absolute Gasteiger partial charge is 0.308 e. The van der Waals surface area contributed by atoms with Crippen molar-refractivity contribution in [3.63, 3.8) is 0 Å². The monoisotopic (exact) mass is 504 g/mol. The van der Waals surface area contributed by atoms with Gasteiger partial charge in [0, 0.05) is 36.0 Å². The zero-order chi connectivity index (χ0) is 26.0. The highest BCUT2D eigenvalue weighted by Gasteiger charge is 2.61. The van der Waals surface area contributed by atoms with Gasteiger partial charge in [-0.3, -0.25) is 14.4 Å². The third kappa shape index (κ3) is 3.48. The first kappa shape index (κ1) is 24.8. The number of aliphatic hydroxyl groups is 2. The summed E-state index contributed by atoms with van der Waals surface area (Å²) in [6.45, 7) is 8.04. The number of hydrogen-bond donors (Lipinski definition) is 2. The van der Waals surface area contributed by atoms with Crippen LogP contribution >= 0.6 is 0 Å². The van der Waals surface area contributed by atoms with Gasteiger partial charge in [0.2, 0.25) is 0 Å². The number of ether oxygens (including phenoxy) is 1. The molecule has 4 atom stereocenters. The van der Waals surface area contributed by atoms with Crippen LogP contribution in [0.2, 0.25) is 18.1 Å². The maximum absolute atomic E-state index is 13.8. The van der Waals surface area contributed by atoms with E-state index >= 15 is 0 Å². The van der Waals surface area contributed by atoms with E-state index in [9.17, 15) is 24.6 Å². The Balaban J connectivity index is 1.56. The molecule has 6 nitrogen and oxygen atoms in total. The molecule has 5 rings (SSSR count). The third-order valence-electron chi connectivity index (χ3n) is 9.18. The standard InChI is InChI=1S/C29H32O6Si/c1-17(30)35-22-12-8-11-19-25(22)27(33)20-15-23(31)29(34)16-28(2,14-13-21(29)24(20)26(19)32)36(3,4)18-9-6-5-7-10-18/h5-12,21,23,31,34H,13-16H2,1-4H3/t21-,23-,28-,29+/m1/s1. The Kier molecular flexibility index (Phi) is 5.74. The van der Waals surface area contributed by atoms with Crippen molar-refractivity contribution in [2.45, 2.75) is 69.4 Å². The highest BCUT2D eigenvalue weighted by Crippen LogP contribution is 2.60. The average molecular weight is 505 g/mol. The topological polar surface area (TPSA) is 101 Å². The second-order valence-corrected chi connectivity index (χ2v) is 16.4. The number of benzene rings is 2. The van der Waals surface area contributed by atoms with E-state index in [1.165, 1.54) is 18.2 Å². The molecule has 2 aromatic carbocycles. The summed E-state index contributed by atoms with van der Waals surface area (Å²) in [7, 11) is -2.10. The van der Waals surface area contributed by atoms with Gasteiger partial charge in [0.1, 0.15) is 5.75 Å². The van der Waals surface area contributed by atoms with Crippen LogP contribution in [-0.4, -0.2) is 47.5 Å². The zero-order valence-corrected chi connectivity index (χ0v) is 22.1. The maximum atomic E-state index is 13.8. The van der Waals surface area contributed by atoms with Crippen molar-refractivity contribution in [3.05, 3.63) is 70.8 Å². The molecule has 0 unspecified atom stereocenters. The first-order chi connectivity index (χ1) is 16.9. The molecule has 0 aliphatic heterocycles. The molecule has 188 valence electrons. The molecule has 3 aliphatic rings. The van der Waals surface area contributed by atoms with Gasteiger partial charge in [0.05, 0.1) is 25.3 Å². The van der Waals surface area contributed by atoms with E-state index in [-0.39, 0.29) is 39.7 Å². The maximum Gasteiger partial charge on any atom is 0.308 e. The SMILES string of the molecule is CC(=O)Oc1cccc2c1C(=O)C1=C(C2=O)[C@H]2CC[C@@](C)([Si](C)(C)c3ccccc3)C[C@@]2(O)[C@H](O)C1. The molecule has 1 saturated carbocycles. The Bertz CT molecular complexity index is 1310. The number of carbonyl (C=O) groups is 3. The largest absolute Gasteiger partial charge is 0.426 e. The second-order valence-electron chi connectivity index (χ2n) is 11.4. The number of fused-ring (bicyclic) bond motifs is 3. The first-order valence-corrected chi connectivity index (χ1v) is 15.5. The van der Waals surface area contributed by atoms with E-state index in [1.54, 1.807) is 12.1 Å². The van der Waals surface area contributed by atoms with Gasteiger partial charge >= 0.3 is 5.97 Å². The van der Waals surface area contributed by atoms with Crippen LogP contribution in [0.4, 0.5) is 0 Å². The van der Waals surface area contributed by atoms with Crippen molar-refractivity contribution in [1.82, 2.24) is 0 Å². The number of hydrogen-bond acceptors (Lipinski definition) is 6. The number of rotatable bonds is 3. The fraction of sp³-hybridized carbons (Fsp3) is 0.414. The minimum Gasteiger partial charge on any atom is -0.426 e. The molecule has 2 N–H and O–H groups in total. The van der Waals surface area contributed by atoms with Crippen LogP contribution in [0.5, 0.6) is 5.75 Å². The van der Waals surface area contributed by atoms with Crippen molar-refractivity contribution in [2.24, 2.45) is 5.92 Å². The number of aliphatic hydroxyl groups excluding tert-OH is 1. The Labute approximate surface area is 212 Å². The molecule has 3 aliphatic carbocycles. The zero-order valence-electron chi connectivity index (χ0n) is 21.1. The fourth-order valence-corrected chi connectivity index (χ4v) is 9.94. The van der Waals surface area contributed by atoms with Gasteiger partial charge < -0.3 is 14.9 Å². The lowest BCUT2D eigenvalue weighted by atomic mass is 9.58. The fourth-order valence-electron chi connectivity index (χ4n) is 6.72. The van der Waals surface area contributed by atoms with E-state index in [4.69, 9.17) is 4.74 Å². The van der Waals surface area contributed by atoms with Crippen molar-refractivity contribution >= 4 is 30.8 Å². The normalized spacial score (nSPS) is 29.8. The van der Waals surface area contributed by atoms with Crippen molar-refractivity contribution < 1.29 is 29.3 Å². The van der Waals surface area contributed by atoms with Gasteiger partial charge in [-0.2, -0.15) is 0 Å². The van der Waals surface area contributed by atoms with Crippen LogP contribution in [-0.2, 0) is 4.79 Å². The van der Waals surface area contributed by atoms with Gasteiger partial charge in [0.25, 0.3) is 0 Å². The first-order valence-electron chi connectivity index (χ1n) is 12.5. The van der Waals surface area contributed by atoms with E-state index in [0.717, 1.165) is 6.42 Å². The van der Waals surface area contributed by atoms with Gasteiger partial charge in [-0.05, 0) is 30.4 Å². The molecule has 0 spiro atoms. The molecule has 0 bridgehead atoms. The lowest BCUT2D eigenvalue weighted by Crippen LogP contribution is -2.63. The van der Waals surface area contributed by atoms with Gasteiger partial charge in [-0.1, -0.05) is 67.7 Å². The Morgan fingerprint density at radius 3 is 2.42 bits per heavy atom. The van der Waals surface area contributed by atoms with E-state index in [2.05, 4.69) is 32.2 Å². The van der Waals surface area contributed by atoms with Crippen LogP contribution in [0, 0.1) is 5.92 Å². The average Bonchev–Trinajstić information content (AvgIpc) is 2.83. The van der Waals surface area contributed by atoms with Crippen LogP contribution in [0.1, 0.15) is 60.2 Å². The molecule has 0 heterocycles. The number of ketones is 2. The van der Waals surface area contributed by atoms with Gasteiger partial charge in [0.15, 0.2) is 11.6 Å². The molecule has 1 fully saturated rings. The van der Waals surface area contributed by atoms with Crippen LogP contribution in [0.15, 0.2) is 59.7 Å². The Hall–Kier alpha value is -2.87. The van der Waals surface area contributed by atoms with Gasteiger partial charge in [-0.15, -0.1) is 0 Å². The van der Waals surface area contributed by atoms with Crippen LogP contribution < -0.4 is 9.92 Å². The van der Waals surface area contributed by atoms with E-state index in [0.29, 0.717) is 18.4 Å².